The van der Waals surface area contributed by atoms with Gasteiger partial charge in [0.15, 0.2) is 0 Å². The monoisotopic (exact) mass is 277 g/mol. The van der Waals surface area contributed by atoms with Crippen molar-refractivity contribution in [1.82, 2.24) is 4.90 Å². The van der Waals surface area contributed by atoms with Gasteiger partial charge in [-0.15, -0.1) is 6.58 Å². The molecular formula is C16H23NO3. The standard InChI is InChI=1S/C16H23NO3/c1-4-5-17(6-7-18)11-14-10-15(19-3)9-13-8-12(2)20-16(13)14/h4,9-10,12,18H,1,5-8,11H2,2-3H3. The number of benzene rings is 1. The van der Waals surface area contributed by atoms with Crippen LogP contribution in [-0.4, -0.2) is 42.9 Å². The van der Waals surface area contributed by atoms with Crippen molar-refractivity contribution in [3.63, 3.8) is 0 Å². The third-order valence-corrected chi connectivity index (χ3v) is 3.48. The van der Waals surface area contributed by atoms with Gasteiger partial charge in [-0.3, -0.25) is 4.90 Å². The minimum atomic E-state index is 0.136. The molecule has 0 aliphatic carbocycles. The van der Waals surface area contributed by atoms with Crippen LogP contribution in [0.4, 0.5) is 0 Å². The van der Waals surface area contributed by atoms with Crippen LogP contribution < -0.4 is 9.47 Å². The number of aliphatic hydroxyl groups excluding tert-OH is 1. The Morgan fingerprint density at radius 1 is 1.55 bits per heavy atom. The molecule has 20 heavy (non-hydrogen) atoms. The van der Waals surface area contributed by atoms with Crippen LogP contribution in [0.1, 0.15) is 18.1 Å². The Morgan fingerprint density at radius 2 is 2.35 bits per heavy atom. The van der Waals surface area contributed by atoms with Gasteiger partial charge in [-0.2, -0.15) is 0 Å². The zero-order chi connectivity index (χ0) is 14.5. The summed E-state index contributed by atoms with van der Waals surface area (Å²) in [5.41, 5.74) is 2.31. The van der Waals surface area contributed by atoms with Gasteiger partial charge in [0, 0.05) is 37.2 Å². The van der Waals surface area contributed by atoms with E-state index in [-0.39, 0.29) is 12.7 Å². The molecule has 1 atom stereocenters. The SMILES string of the molecule is C=CCN(CCO)Cc1cc(OC)cc2c1OC(C)C2. The lowest BCUT2D eigenvalue weighted by Crippen LogP contribution is -2.26. The molecule has 1 aromatic rings. The summed E-state index contributed by atoms with van der Waals surface area (Å²) in [5.74, 6) is 1.84. The van der Waals surface area contributed by atoms with Gasteiger partial charge in [-0.1, -0.05) is 6.08 Å². The van der Waals surface area contributed by atoms with Gasteiger partial charge in [0.1, 0.15) is 17.6 Å². The maximum absolute atomic E-state index is 9.15. The van der Waals surface area contributed by atoms with Crippen LogP contribution in [0.5, 0.6) is 11.5 Å². The van der Waals surface area contributed by atoms with E-state index in [0.717, 1.165) is 36.6 Å². The molecule has 1 heterocycles. The Labute approximate surface area is 120 Å². The van der Waals surface area contributed by atoms with Crippen molar-refractivity contribution in [2.24, 2.45) is 0 Å². The van der Waals surface area contributed by atoms with Crippen molar-refractivity contribution in [3.8, 4) is 11.5 Å². The fraction of sp³-hybridized carbons (Fsp3) is 0.500. The minimum absolute atomic E-state index is 0.136. The molecule has 0 amide bonds. The highest BCUT2D eigenvalue weighted by Gasteiger charge is 2.24. The van der Waals surface area contributed by atoms with Gasteiger partial charge in [0.2, 0.25) is 0 Å². The fourth-order valence-electron chi connectivity index (χ4n) is 2.61. The summed E-state index contributed by atoms with van der Waals surface area (Å²) in [4.78, 5) is 2.13. The normalized spacial score (nSPS) is 16.9. The average Bonchev–Trinajstić information content (AvgIpc) is 2.79. The summed E-state index contributed by atoms with van der Waals surface area (Å²) in [6.45, 7) is 8.05. The van der Waals surface area contributed by atoms with Gasteiger partial charge in [-0.05, 0) is 19.1 Å². The van der Waals surface area contributed by atoms with Gasteiger partial charge in [-0.25, -0.2) is 0 Å². The Hall–Kier alpha value is -1.52. The van der Waals surface area contributed by atoms with Gasteiger partial charge in [0.25, 0.3) is 0 Å². The van der Waals surface area contributed by atoms with Crippen molar-refractivity contribution < 1.29 is 14.6 Å². The summed E-state index contributed by atoms with van der Waals surface area (Å²) in [6, 6.07) is 4.07. The molecule has 4 heteroatoms. The summed E-state index contributed by atoms with van der Waals surface area (Å²) < 4.78 is 11.3. The minimum Gasteiger partial charge on any atom is -0.497 e. The maximum Gasteiger partial charge on any atom is 0.127 e. The van der Waals surface area contributed by atoms with Gasteiger partial charge in [0.05, 0.1) is 13.7 Å². The Bertz CT molecular complexity index is 473. The smallest absolute Gasteiger partial charge is 0.127 e. The van der Waals surface area contributed by atoms with Gasteiger partial charge < -0.3 is 14.6 Å². The van der Waals surface area contributed by atoms with Crippen molar-refractivity contribution >= 4 is 0 Å². The van der Waals surface area contributed by atoms with Crippen LogP contribution >= 0.6 is 0 Å². The zero-order valence-electron chi connectivity index (χ0n) is 12.3. The zero-order valence-corrected chi connectivity index (χ0v) is 12.3. The molecule has 0 fully saturated rings. The summed E-state index contributed by atoms with van der Waals surface area (Å²) in [5, 5.41) is 9.15. The van der Waals surface area contributed by atoms with E-state index in [4.69, 9.17) is 14.6 Å². The molecule has 4 nitrogen and oxygen atoms in total. The second-order valence-electron chi connectivity index (χ2n) is 5.15. The number of aliphatic hydroxyl groups is 1. The molecule has 0 radical (unpaired) electrons. The molecule has 110 valence electrons. The molecule has 0 spiro atoms. The Kier molecular flexibility index (Phi) is 5.04. The summed E-state index contributed by atoms with van der Waals surface area (Å²) in [7, 11) is 1.68. The van der Waals surface area contributed by atoms with Crippen LogP contribution in [0.2, 0.25) is 0 Å². The van der Waals surface area contributed by atoms with Gasteiger partial charge >= 0.3 is 0 Å². The summed E-state index contributed by atoms with van der Waals surface area (Å²) in [6.07, 6.45) is 2.97. The average molecular weight is 277 g/mol. The van der Waals surface area contributed by atoms with Crippen molar-refractivity contribution in [3.05, 3.63) is 35.9 Å². The molecule has 1 aliphatic rings. The molecule has 2 rings (SSSR count). The molecule has 1 aromatic carbocycles. The molecule has 1 N–H and O–H groups in total. The van der Waals surface area contributed by atoms with E-state index in [9.17, 15) is 0 Å². The lowest BCUT2D eigenvalue weighted by atomic mass is 10.1. The van der Waals surface area contributed by atoms with Crippen LogP contribution in [-0.2, 0) is 13.0 Å². The number of methoxy groups -OCH3 is 1. The lowest BCUT2D eigenvalue weighted by Gasteiger charge is -2.21. The third-order valence-electron chi connectivity index (χ3n) is 3.48. The molecule has 1 unspecified atom stereocenters. The second-order valence-corrected chi connectivity index (χ2v) is 5.15. The highest BCUT2D eigenvalue weighted by molar-refractivity contribution is 5.49. The number of hydrogen-bond donors (Lipinski definition) is 1. The first-order valence-corrected chi connectivity index (χ1v) is 6.98. The number of nitrogens with zero attached hydrogens (tertiary/aromatic N) is 1. The first-order valence-electron chi connectivity index (χ1n) is 6.98. The van der Waals surface area contributed by atoms with E-state index < -0.39 is 0 Å². The van der Waals surface area contributed by atoms with Crippen molar-refractivity contribution in [2.45, 2.75) is 26.0 Å². The molecular weight excluding hydrogens is 254 g/mol. The molecule has 0 saturated heterocycles. The van der Waals surface area contributed by atoms with E-state index in [2.05, 4.69) is 18.4 Å². The van der Waals surface area contributed by atoms with E-state index in [1.54, 1.807) is 7.11 Å². The van der Waals surface area contributed by atoms with E-state index in [0.29, 0.717) is 6.54 Å². The first-order chi connectivity index (χ1) is 9.67. The van der Waals surface area contributed by atoms with Crippen LogP contribution in [0, 0.1) is 0 Å². The number of fused-ring (bicyclic) bond motifs is 1. The topological polar surface area (TPSA) is 41.9 Å². The summed E-state index contributed by atoms with van der Waals surface area (Å²) >= 11 is 0. The van der Waals surface area contributed by atoms with Crippen LogP contribution in [0.15, 0.2) is 24.8 Å². The molecule has 0 aromatic heterocycles. The fourth-order valence-corrected chi connectivity index (χ4v) is 2.61. The van der Waals surface area contributed by atoms with Crippen LogP contribution in [0.25, 0.3) is 0 Å². The van der Waals surface area contributed by atoms with Crippen LogP contribution in [0.3, 0.4) is 0 Å². The predicted molar refractivity (Wildman–Crippen MR) is 79.3 cm³/mol. The lowest BCUT2D eigenvalue weighted by molar-refractivity contribution is 0.199. The molecule has 0 saturated carbocycles. The van der Waals surface area contributed by atoms with E-state index >= 15 is 0 Å². The quantitative estimate of drug-likeness (QED) is 0.774. The largest absolute Gasteiger partial charge is 0.497 e. The highest BCUT2D eigenvalue weighted by Crippen LogP contribution is 2.36. The maximum atomic E-state index is 9.15. The highest BCUT2D eigenvalue weighted by atomic mass is 16.5. The second kappa shape index (κ2) is 6.77. The first kappa shape index (κ1) is 14.9. The molecule has 0 bridgehead atoms. The number of ether oxygens (including phenoxy) is 2. The molecule has 1 aliphatic heterocycles. The number of rotatable bonds is 7. The van der Waals surface area contributed by atoms with Crippen molar-refractivity contribution in [2.75, 3.05) is 26.8 Å². The predicted octanol–water partition coefficient (Wildman–Crippen LogP) is 2.00. The Balaban J connectivity index is 2.25. The van der Waals surface area contributed by atoms with Crippen molar-refractivity contribution in [1.29, 1.82) is 0 Å². The number of hydrogen-bond acceptors (Lipinski definition) is 4. The third kappa shape index (κ3) is 3.32. The van der Waals surface area contributed by atoms with E-state index in [1.807, 2.05) is 18.2 Å². The Morgan fingerprint density at radius 3 is 3.00 bits per heavy atom. The van der Waals surface area contributed by atoms with E-state index in [1.165, 1.54) is 5.56 Å².